The number of alkyl halides is 1. The Bertz CT molecular complexity index is 62.9. The number of hydrogen-bond donors (Lipinski definition) is 3. The molecule has 0 aromatic rings. The van der Waals surface area contributed by atoms with Gasteiger partial charge in [0.15, 0.2) is 0 Å². The molecule has 0 aromatic carbocycles. The maximum absolute atomic E-state index is 8.18. The van der Waals surface area contributed by atoms with Crippen LogP contribution in [-0.4, -0.2) is 22.2 Å². The summed E-state index contributed by atoms with van der Waals surface area (Å²) in [4.78, 5) is 0. The fraction of sp³-hybridized carbons (Fsp3) is 1.00. The molecule has 0 aliphatic heterocycles. The van der Waals surface area contributed by atoms with Crippen LogP contribution in [0.4, 0.5) is 0 Å². The summed E-state index contributed by atoms with van der Waals surface area (Å²) in [6.07, 6.45) is 1.88. The summed E-state index contributed by atoms with van der Waals surface area (Å²) in [5.41, 5.74) is 7.69. The van der Waals surface area contributed by atoms with Gasteiger partial charge in [-0.3, -0.25) is 0 Å². The van der Waals surface area contributed by atoms with Gasteiger partial charge in [-0.2, -0.15) is 0 Å². The number of hydrogen-bond acceptors (Lipinski definition) is 3. The van der Waals surface area contributed by atoms with E-state index in [2.05, 4.69) is 28.1 Å². The van der Waals surface area contributed by atoms with Crippen molar-refractivity contribution in [2.24, 2.45) is 5.73 Å². The molecule has 0 aliphatic rings. The van der Waals surface area contributed by atoms with Crippen LogP contribution in [0, 0.1) is 0 Å². The van der Waals surface area contributed by atoms with Crippen molar-refractivity contribution in [1.29, 1.82) is 0 Å². The van der Waals surface area contributed by atoms with E-state index >= 15 is 0 Å². The molecule has 56 valence electrons. The van der Waals surface area contributed by atoms with Crippen LogP contribution in [0.25, 0.3) is 0 Å². The summed E-state index contributed by atoms with van der Waals surface area (Å²) in [6.45, 7) is 0.595. The SMILES string of the molecule is NC(CCI)CCNO. The Morgan fingerprint density at radius 3 is 2.67 bits per heavy atom. The van der Waals surface area contributed by atoms with Crippen LogP contribution >= 0.6 is 22.6 Å². The van der Waals surface area contributed by atoms with Crippen LogP contribution in [0.1, 0.15) is 12.8 Å². The fourth-order valence-corrected chi connectivity index (χ4v) is 1.33. The molecule has 0 heterocycles. The lowest BCUT2D eigenvalue weighted by Gasteiger charge is -2.06. The molecule has 3 nitrogen and oxygen atoms in total. The largest absolute Gasteiger partial charge is 0.328 e. The van der Waals surface area contributed by atoms with Crippen LogP contribution in [0.15, 0.2) is 0 Å². The summed E-state index contributed by atoms with van der Waals surface area (Å²) in [6, 6.07) is 0.238. The minimum absolute atomic E-state index is 0.238. The molecule has 1 unspecified atom stereocenters. The first-order chi connectivity index (χ1) is 4.31. The normalized spacial score (nSPS) is 13.7. The fourth-order valence-electron chi connectivity index (χ4n) is 0.534. The third-order valence-corrected chi connectivity index (χ3v) is 1.73. The summed E-state index contributed by atoms with van der Waals surface area (Å²) >= 11 is 2.29. The van der Waals surface area contributed by atoms with E-state index in [9.17, 15) is 0 Å². The first-order valence-electron chi connectivity index (χ1n) is 2.99. The highest BCUT2D eigenvalue weighted by molar-refractivity contribution is 14.1. The smallest absolute Gasteiger partial charge is 0.0222 e. The van der Waals surface area contributed by atoms with E-state index in [4.69, 9.17) is 10.9 Å². The second-order valence-electron chi connectivity index (χ2n) is 1.93. The summed E-state index contributed by atoms with van der Waals surface area (Å²) in [5.74, 6) is 0. The zero-order valence-electron chi connectivity index (χ0n) is 5.31. The molecule has 0 bridgehead atoms. The Hall–Kier alpha value is 0.610. The van der Waals surface area contributed by atoms with Gasteiger partial charge >= 0.3 is 0 Å². The van der Waals surface area contributed by atoms with E-state index in [1.54, 1.807) is 0 Å². The lowest BCUT2D eigenvalue weighted by molar-refractivity contribution is 0.163. The van der Waals surface area contributed by atoms with Gasteiger partial charge in [0.1, 0.15) is 0 Å². The van der Waals surface area contributed by atoms with Crippen LogP contribution in [0.3, 0.4) is 0 Å². The highest BCUT2D eigenvalue weighted by Gasteiger charge is 1.98. The standard InChI is InChI=1S/C5H13IN2O/c6-3-1-5(7)2-4-8-9/h5,8-9H,1-4,7H2. The Morgan fingerprint density at radius 2 is 2.22 bits per heavy atom. The molecule has 0 spiro atoms. The van der Waals surface area contributed by atoms with Crippen molar-refractivity contribution in [2.75, 3.05) is 11.0 Å². The Labute approximate surface area is 69.1 Å². The van der Waals surface area contributed by atoms with Crippen LogP contribution in [-0.2, 0) is 0 Å². The zero-order valence-corrected chi connectivity index (χ0v) is 7.47. The molecule has 0 radical (unpaired) electrons. The van der Waals surface area contributed by atoms with Gasteiger partial charge in [0.2, 0.25) is 0 Å². The minimum Gasteiger partial charge on any atom is -0.328 e. The third-order valence-electron chi connectivity index (χ3n) is 1.11. The van der Waals surface area contributed by atoms with E-state index in [0.717, 1.165) is 17.3 Å². The Balaban J connectivity index is 2.95. The molecular formula is C5H13IN2O. The predicted octanol–water partition coefficient (Wildman–Crippen LogP) is 0.508. The van der Waals surface area contributed by atoms with Gasteiger partial charge in [0.05, 0.1) is 0 Å². The highest BCUT2D eigenvalue weighted by atomic mass is 127. The maximum atomic E-state index is 8.18. The van der Waals surface area contributed by atoms with Crippen molar-refractivity contribution in [2.45, 2.75) is 18.9 Å². The van der Waals surface area contributed by atoms with Gasteiger partial charge in [-0.25, -0.2) is 5.48 Å². The van der Waals surface area contributed by atoms with Crippen molar-refractivity contribution in [3.05, 3.63) is 0 Å². The van der Waals surface area contributed by atoms with Crippen LogP contribution in [0.2, 0.25) is 0 Å². The van der Waals surface area contributed by atoms with Crippen molar-refractivity contribution in [3.63, 3.8) is 0 Å². The van der Waals surface area contributed by atoms with Crippen LogP contribution in [0.5, 0.6) is 0 Å². The molecule has 9 heavy (non-hydrogen) atoms. The maximum Gasteiger partial charge on any atom is 0.0222 e. The summed E-state index contributed by atoms with van der Waals surface area (Å²) in [5, 5.41) is 8.18. The topological polar surface area (TPSA) is 58.3 Å². The van der Waals surface area contributed by atoms with Gasteiger partial charge in [-0.1, -0.05) is 22.6 Å². The van der Waals surface area contributed by atoms with Gasteiger partial charge in [0.25, 0.3) is 0 Å². The summed E-state index contributed by atoms with van der Waals surface area (Å²) in [7, 11) is 0. The van der Waals surface area contributed by atoms with Gasteiger partial charge in [-0.15, -0.1) is 0 Å². The second kappa shape index (κ2) is 6.73. The second-order valence-corrected chi connectivity index (χ2v) is 3.01. The summed E-state index contributed by atoms with van der Waals surface area (Å²) < 4.78 is 1.09. The zero-order chi connectivity index (χ0) is 7.11. The molecule has 0 aliphatic carbocycles. The van der Waals surface area contributed by atoms with Gasteiger partial charge in [0, 0.05) is 17.0 Å². The van der Waals surface area contributed by atoms with E-state index in [1.807, 2.05) is 0 Å². The molecule has 4 heteroatoms. The predicted molar refractivity (Wildman–Crippen MR) is 45.9 cm³/mol. The number of halogens is 1. The van der Waals surface area contributed by atoms with E-state index < -0.39 is 0 Å². The van der Waals surface area contributed by atoms with Crippen molar-refractivity contribution >= 4 is 22.6 Å². The monoisotopic (exact) mass is 244 g/mol. The lowest BCUT2D eigenvalue weighted by atomic mass is 10.2. The molecule has 4 N–H and O–H groups in total. The average Bonchev–Trinajstić information content (AvgIpc) is 1.85. The quantitative estimate of drug-likeness (QED) is 0.375. The highest BCUT2D eigenvalue weighted by Crippen LogP contribution is 1.96. The number of nitrogens with two attached hydrogens (primary N) is 1. The van der Waals surface area contributed by atoms with Crippen molar-refractivity contribution in [3.8, 4) is 0 Å². The van der Waals surface area contributed by atoms with E-state index in [-0.39, 0.29) is 6.04 Å². The van der Waals surface area contributed by atoms with Gasteiger partial charge < -0.3 is 10.9 Å². The molecule has 1 atom stereocenters. The molecule has 0 saturated heterocycles. The molecule has 0 rings (SSSR count). The number of rotatable bonds is 5. The minimum atomic E-state index is 0.238. The lowest BCUT2D eigenvalue weighted by Crippen LogP contribution is -2.25. The van der Waals surface area contributed by atoms with Crippen LogP contribution < -0.4 is 11.2 Å². The first-order valence-corrected chi connectivity index (χ1v) is 4.52. The molecule has 0 aromatic heterocycles. The van der Waals surface area contributed by atoms with Crippen molar-refractivity contribution < 1.29 is 5.21 Å². The first kappa shape index (κ1) is 9.61. The third kappa shape index (κ3) is 6.50. The number of hydroxylamine groups is 1. The molecule has 0 amide bonds. The number of nitrogens with one attached hydrogen (secondary N) is 1. The van der Waals surface area contributed by atoms with E-state index in [1.165, 1.54) is 0 Å². The Kier molecular flexibility index (Phi) is 7.18. The van der Waals surface area contributed by atoms with Crippen molar-refractivity contribution in [1.82, 2.24) is 5.48 Å². The molecular weight excluding hydrogens is 231 g/mol. The Morgan fingerprint density at radius 1 is 1.56 bits per heavy atom. The van der Waals surface area contributed by atoms with Gasteiger partial charge in [-0.05, 0) is 12.8 Å². The average molecular weight is 244 g/mol. The molecule has 0 saturated carbocycles. The van der Waals surface area contributed by atoms with E-state index in [0.29, 0.717) is 6.54 Å². The molecule has 0 fully saturated rings.